The zero-order valence-corrected chi connectivity index (χ0v) is 12.8. The number of aliphatic carboxylic acids is 1. The van der Waals surface area contributed by atoms with E-state index in [4.69, 9.17) is 0 Å². The first-order chi connectivity index (χ1) is 8.75. The summed E-state index contributed by atoms with van der Waals surface area (Å²) in [4.78, 5) is 11.4. The molecule has 0 unspecified atom stereocenters. The van der Waals surface area contributed by atoms with E-state index < -0.39 is 29.8 Å². The van der Waals surface area contributed by atoms with E-state index in [1.54, 1.807) is 12.1 Å². The van der Waals surface area contributed by atoms with Crippen LogP contribution in [0, 0.1) is 5.92 Å². The van der Waals surface area contributed by atoms with Crippen LogP contribution in [-0.2, 0) is 10.4 Å². The summed E-state index contributed by atoms with van der Waals surface area (Å²) in [6, 6.07) is 6.04. The van der Waals surface area contributed by atoms with Crippen LogP contribution in [0.1, 0.15) is 24.8 Å². The van der Waals surface area contributed by atoms with Crippen LogP contribution in [0.5, 0.6) is 0 Å². The molecule has 7 heteroatoms. The number of carboxylic acid groups (broad SMARTS) is 1. The largest absolute Gasteiger partial charge is 0.479 e. The van der Waals surface area contributed by atoms with Crippen LogP contribution in [0.25, 0.3) is 0 Å². The summed E-state index contributed by atoms with van der Waals surface area (Å²) in [6.45, 7) is 0. The van der Waals surface area contributed by atoms with Crippen LogP contribution < -0.4 is 0 Å². The van der Waals surface area contributed by atoms with Crippen molar-refractivity contribution in [3.8, 4) is 0 Å². The van der Waals surface area contributed by atoms with Gasteiger partial charge in [-0.2, -0.15) is 0 Å². The SMILES string of the molecule is Cl.O=C(O)[C@](O)(c1ccc(Br)cc1)[C@@H]1CCC(F)(F)C1. The molecule has 2 N–H and O–H groups in total. The average molecular weight is 372 g/mol. The highest BCUT2D eigenvalue weighted by Gasteiger charge is 2.53. The van der Waals surface area contributed by atoms with Gasteiger partial charge in [-0.05, 0) is 24.1 Å². The molecule has 0 radical (unpaired) electrons. The van der Waals surface area contributed by atoms with Crippen LogP contribution in [-0.4, -0.2) is 22.1 Å². The molecule has 0 spiro atoms. The zero-order valence-electron chi connectivity index (χ0n) is 10.4. The molecule has 0 bridgehead atoms. The minimum Gasteiger partial charge on any atom is -0.479 e. The zero-order chi connectivity index (χ0) is 14.3. The van der Waals surface area contributed by atoms with Crippen LogP contribution in [0.2, 0.25) is 0 Å². The molecule has 1 aliphatic rings. The Balaban J connectivity index is 0.00000200. The Kier molecular flexibility index (Phi) is 5.16. The van der Waals surface area contributed by atoms with Crippen molar-refractivity contribution >= 4 is 34.3 Å². The average Bonchev–Trinajstić information content (AvgIpc) is 2.69. The maximum Gasteiger partial charge on any atom is 0.340 e. The van der Waals surface area contributed by atoms with Gasteiger partial charge in [-0.25, -0.2) is 13.6 Å². The van der Waals surface area contributed by atoms with Crippen LogP contribution in [0.3, 0.4) is 0 Å². The lowest BCUT2D eigenvalue weighted by atomic mass is 9.80. The fraction of sp³-hybridized carbons (Fsp3) is 0.462. The van der Waals surface area contributed by atoms with Gasteiger partial charge in [0.05, 0.1) is 0 Å². The molecule has 20 heavy (non-hydrogen) atoms. The monoisotopic (exact) mass is 370 g/mol. The number of aliphatic hydroxyl groups is 1. The van der Waals surface area contributed by atoms with E-state index in [1.807, 2.05) is 0 Å². The first kappa shape index (κ1) is 17.3. The summed E-state index contributed by atoms with van der Waals surface area (Å²) < 4.78 is 27.2. The summed E-state index contributed by atoms with van der Waals surface area (Å²) in [5.41, 5.74) is -2.13. The van der Waals surface area contributed by atoms with E-state index >= 15 is 0 Å². The third-order valence-electron chi connectivity index (χ3n) is 3.60. The third-order valence-corrected chi connectivity index (χ3v) is 4.13. The molecule has 0 heterocycles. The Morgan fingerprint density at radius 1 is 1.35 bits per heavy atom. The molecule has 1 fully saturated rings. The first-order valence-corrected chi connectivity index (χ1v) is 6.64. The van der Waals surface area contributed by atoms with E-state index in [0.717, 1.165) is 4.47 Å². The van der Waals surface area contributed by atoms with Gasteiger partial charge in [-0.15, -0.1) is 12.4 Å². The second kappa shape index (κ2) is 5.95. The van der Waals surface area contributed by atoms with E-state index in [0.29, 0.717) is 0 Å². The van der Waals surface area contributed by atoms with Crippen molar-refractivity contribution in [3.63, 3.8) is 0 Å². The van der Waals surface area contributed by atoms with Crippen LogP contribution >= 0.6 is 28.3 Å². The molecule has 0 aliphatic heterocycles. The van der Waals surface area contributed by atoms with Crippen molar-refractivity contribution in [1.82, 2.24) is 0 Å². The van der Waals surface area contributed by atoms with Crippen LogP contribution in [0.4, 0.5) is 8.78 Å². The van der Waals surface area contributed by atoms with E-state index in [-0.39, 0.29) is 30.8 Å². The van der Waals surface area contributed by atoms with Gasteiger partial charge in [-0.1, -0.05) is 28.1 Å². The molecule has 112 valence electrons. The second-order valence-electron chi connectivity index (χ2n) is 4.87. The van der Waals surface area contributed by atoms with Gasteiger partial charge in [0.1, 0.15) is 0 Å². The molecule has 0 aromatic heterocycles. The minimum absolute atomic E-state index is 0. The minimum atomic E-state index is -2.90. The summed E-state index contributed by atoms with van der Waals surface area (Å²) in [6.07, 6.45) is -0.998. The predicted molar refractivity (Wildman–Crippen MR) is 75.2 cm³/mol. The lowest BCUT2D eigenvalue weighted by Crippen LogP contribution is -2.42. The molecule has 0 amide bonds. The Hall–Kier alpha value is -0.720. The number of carboxylic acids is 1. The van der Waals surface area contributed by atoms with E-state index in [2.05, 4.69) is 15.9 Å². The normalized spacial score (nSPS) is 23.7. The van der Waals surface area contributed by atoms with Gasteiger partial charge >= 0.3 is 5.97 Å². The van der Waals surface area contributed by atoms with Gasteiger partial charge in [0.25, 0.3) is 0 Å². The fourth-order valence-corrected chi connectivity index (χ4v) is 2.81. The Bertz CT molecular complexity index is 495. The summed E-state index contributed by atoms with van der Waals surface area (Å²) in [5, 5.41) is 19.7. The molecular formula is C13H14BrClF2O3. The number of hydrogen-bond donors (Lipinski definition) is 2. The third kappa shape index (κ3) is 3.13. The van der Waals surface area contributed by atoms with Crippen molar-refractivity contribution < 1.29 is 23.8 Å². The highest BCUT2D eigenvalue weighted by atomic mass is 79.9. The van der Waals surface area contributed by atoms with Crippen molar-refractivity contribution in [2.24, 2.45) is 5.92 Å². The molecule has 1 aromatic rings. The quantitative estimate of drug-likeness (QED) is 0.854. The molecule has 2 rings (SSSR count). The number of benzene rings is 1. The van der Waals surface area contributed by atoms with Crippen molar-refractivity contribution in [1.29, 1.82) is 0 Å². The molecule has 3 nitrogen and oxygen atoms in total. The lowest BCUT2D eigenvalue weighted by Gasteiger charge is -2.30. The fourth-order valence-electron chi connectivity index (χ4n) is 2.54. The Labute approximate surface area is 129 Å². The summed E-state index contributed by atoms with van der Waals surface area (Å²) in [5.74, 6) is -5.37. The van der Waals surface area contributed by atoms with Gasteiger partial charge in [0, 0.05) is 23.2 Å². The summed E-state index contributed by atoms with van der Waals surface area (Å²) in [7, 11) is 0. The van der Waals surface area contributed by atoms with E-state index in [1.165, 1.54) is 12.1 Å². The Morgan fingerprint density at radius 2 is 1.90 bits per heavy atom. The van der Waals surface area contributed by atoms with Gasteiger partial charge in [0.15, 0.2) is 5.60 Å². The highest BCUT2D eigenvalue weighted by molar-refractivity contribution is 9.10. The lowest BCUT2D eigenvalue weighted by molar-refractivity contribution is -0.167. The van der Waals surface area contributed by atoms with Gasteiger partial charge in [-0.3, -0.25) is 0 Å². The molecule has 1 saturated carbocycles. The maximum absolute atomic E-state index is 13.3. The van der Waals surface area contributed by atoms with Crippen molar-refractivity contribution in [2.45, 2.75) is 30.8 Å². The number of hydrogen-bond acceptors (Lipinski definition) is 2. The van der Waals surface area contributed by atoms with E-state index in [9.17, 15) is 23.8 Å². The second-order valence-corrected chi connectivity index (χ2v) is 5.79. The molecule has 1 aromatic carbocycles. The van der Waals surface area contributed by atoms with Crippen molar-refractivity contribution in [3.05, 3.63) is 34.3 Å². The number of carbonyl (C=O) groups is 1. The maximum atomic E-state index is 13.3. The summed E-state index contributed by atoms with van der Waals surface area (Å²) >= 11 is 3.20. The Morgan fingerprint density at radius 3 is 2.30 bits per heavy atom. The predicted octanol–water partition coefficient (Wildman–Crippen LogP) is 3.58. The molecule has 0 saturated heterocycles. The number of rotatable bonds is 3. The molecule has 2 atom stereocenters. The molecular weight excluding hydrogens is 357 g/mol. The van der Waals surface area contributed by atoms with Crippen molar-refractivity contribution in [2.75, 3.05) is 0 Å². The number of alkyl halides is 2. The number of halogens is 4. The van der Waals surface area contributed by atoms with Gasteiger partial charge < -0.3 is 10.2 Å². The van der Waals surface area contributed by atoms with Gasteiger partial charge in [0.2, 0.25) is 5.92 Å². The highest BCUT2D eigenvalue weighted by Crippen LogP contribution is 2.47. The topological polar surface area (TPSA) is 57.5 Å². The standard InChI is InChI=1S/C13H13BrF2O3.ClH/c14-10-3-1-8(2-4-10)13(19,11(17)18)9-5-6-12(15,16)7-9;/h1-4,9,19H,5-7H2,(H,17,18);1H/t9-,13+;/m1./s1. The van der Waals surface area contributed by atoms with Crippen LogP contribution in [0.15, 0.2) is 28.7 Å². The first-order valence-electron chi connectivity index (χ1n) is 5.85. The molecule has 1 aliphatic carbocycles. The smallest absolute Gasteiger partial charge is 0.340 e.